The molecule has 1 aromatic heterocycles. The Kier molecular flexibility index (Phi) is 7.48. The van der Waals surface area contributed by atoms with E-state index in [0.717, 1.165) is 0 Å². The normalized spacial score (nSPS) is 10.5. The van der Waals surface area contributed by atoms with Crippen molar-refractivity contribution in [3.63, 3.8) is 0 Å². The van der Waals surface area contributed by atoms with Gasteiger partial charge in [0, 0.05) is 7.11 Å². The van der Waals surface area contributed by atoms with Crippen LogP contribution in [0.15, 0.2) is 9.60 Å². The third kappa shape index (κ3) is 4.30. The van der Waals surface area contributed by atoms with Crippen LogP contribution in [0.5, 0.6) is 0 Å². The van der Waals surface area contributed by atoms with E-state index < -0.39 is 0 Å². The molecule has 1 rings (SSSR count). The topological polar surface area (TPSA) is 92.6 Å². The van der Waals surface area contributed by atoms with Crippen LogP contribution in [0.1, 0.15) is 18.1 Å². The largest absolute Gasteiger partial charge is 0.483 e. The Bertz CT molecular complexity index is 584. The molecule has 0 unspecified atom stereocenters. The Hall–Kier alpha value is -1.87. The van der Waals surface area contributed by atoms with E-state index in [4.69, 9.17) is 19.5 Å². The molecule has 0 aliphatic rings. The highest BCUT2D eigenvalue weighted by atomic mass is 79.9. The van der Waals surface area contributed by atoms with Crippen LogP contribution in [0.4, 0.5) is 5.82 Å². The fraction of sp³-hybridized carbons (Fsp3) is 0.462. The number of aromatic nitrogens is 1. The number of hydrogen-bond donors (Lipinski definition) is 0. The van der Waals surface area contributed by atoms with Crippen molar-refractivity contribution >= 4 is 28.1 Å². The first kappa shape index (κ1) is 17.2. The second-order valence-corrected chi connectivity index (χ2v) is 4.49. The molecule has 0 bridgehead atoms. The van der Waals surface area contributed by atoms with Crippen LogP contribution in [0.3, 0.4) is 0 Å². The van der Waals surface area contributed by atoms with E-state index in [1.165, 1.54) is 6.40 Å². The Balaban J connectivity index is 3.11. The molecule has 0 aromatic carbocycles. The first-order valence-electron chi connectivity index (χ1n) is 6.14. The van der Waals surface area contributed by atoms with Crippen LogP contribution in [-0.2, 0) is 20.9 Å². The molecule has 0 N–H and O–H groups in total. The first-order chi connectivity index (χ1) is 10.2. The first-order valence-corrected chi connectivity index (χ1v) is 6.93. The maximum Gasteiger partial charge on any atom is 0.176 e. The summed E-state index contributed by atoms with van der Waals surface area (Å²) < 4.78 is 17.4. The molecular formula is C13H15BrN4O3. The van der Waals surface area contributed by atoms with Gasteiger partial charge >= 0.3 is 0 Å². The Morgan fingerprint density at radius 2 is 2.00 bits per heavy atom. The van der Waals surface area contributed by atoms with Crippen LogP contribution >= 0.6 is 15.9 Å². The monoisotopic (exact) mass is 354 g/mol. The zero-order valence-electron chi connectivity index (χ0n) is 11.8. The van der Waals surface area contributed by atoms with Crippen LogP contribution in [0.2, 0.25) is 0 Å². The summed E-state index contributed by atoms with van der Waals surface area (Å²) >= 11 is 3.30. The summed E-state index contributed by atoms with van der Waals surface area (Å²) in [5, 5.41) is 18.4. The standard InChI is InChI=1S/C13H15BrN4O3/c1-3-20-8-17-13-11(7-16)10(6-15)12(14)18(13)9-21-5-4-19-2/h8H,3-5,9H2,1-2H3/b17-8+. The van der Waals surface area contributed by atoms with Crippen LogP contribution < -0.4 is 0 Å². The van der Waals surface area contributed by atoms with E-state index in [1.54, 1.807) is 11.7 Å². The van der Waals surface area contributed by atoms with Gasteiger partial charge in [-0.2, -0.15) is 10.5 Å². The highest BCUT2D eigenvalue weighted by molar-refractivity contribution is 9.10. The Morgan fingerprint density at radius 3 is 2.57 bits per heavy atom. The predicted molar refractivity (Wildman–Crippen MR) is 79.2 cm³/mol. The summed E-state index contributed by atoms with van der Waals surface area (Å²) in [6.45, 7) is 3.26. The van der Waals surface area contributed by atoms with Gasteiger partial charge in [0.25, 0.3) is 0 Å². The summed E-state index contributed by atoms with van der Waals surface area (Å²) in [6, 6.07) is 3.96. The fourth-order valence-corrected chi connectivity index (χ4v) is 2.05. The zero-order chi connectivity index (χ0) is 15.7. The van der Waals surface area contributed by atoms with Gasteiger partial charge in [-0.25, -0.2) is 4.99 Å². The maximum absolute atomic E-state index is 9.22. The van der Waals surface area contributed by atoms with E-state index in [2.05, 4.69) is 20.9 Å². The highest BCUT2D eigenvalue weighted by Crippen LogP contribution is 2.32. The number of aliphatic imine (C=N–C) groups is 1. The number of rotatable bonds is 8. The van der Waals surface area contributed by atoms with E-state index in [1.807, 2.05) is 19.1 Å². The lowest BCUT2D eigenvalue weighted by Gasteiger charge is -2.08. The molecule has 0 atom stereocenters. The summed E-state index contributed by atoms with van der Waals surface area (Å²) in [5.74, 6) is 0.312. The van der Waals surface area contributed by atoms with E-state index >= 15 is 0 Å². The lowest BCUT2D eigenvalue weighted by atomic mass is 10.2. The van der Waals surface area contributed by atoms with Crippen molar-refractivity contribution in [2.24, 2.45) is 4.99 Å². The number of hydrogen-bond acceptors (Lipinski definition) is 6. The molecule has 112 valence electrons. The van der Waals surface area contributed by atoms with E-state index in [9.17, 15) is 5.26 Å². The van der Waals surface area contributed by atoms with Crippen molar-refractivity contribution in [2.75, 3.05) is 26.9 Å². The SMILES string of the molecule is CCO/C=N/c1c(C#N)c(C#N)c(Br)n1COCCOC. The number of methoxy groups -OCH3 is 1. The molecule has 0 spiro atoms. The summed E-state index contributed by atoms with van der Waals surface area (Å²) in [7, 11) is 1.58. The van der Waals surface area contributed by atoms with Gasteiger partial charge < -0.3 is 14.2 Å². The van der Waals surface area contributed by atoms with Crippen LogP contribution in [0, 0.1) is 22.7 Å². The van der Waals surface area contributed by atoms with Gasteiger partial charge in [0.2, 0.25) is 0 Å². The fourth-order valence-electron chi connectivity index (χ4n) is 1.50. The van der Waals surface area contributed by atoms with E-state index in [-0.39, 0.29) is 17.9 Å². The van der Waals surface area contributed by atoms with Gasteiger partial charge in [-0.1, -0.05) is 0 Å². The van der Waals surface area contributed by atoms with Crippen LogP contribution in [-0.4, -0.2) is 37.9 Å². The Morgan fingerprint density at radius 1 is 1.29 bits per heavy atom. The highest BCUT2D eigenvalue weighted by Gasteiger charge is 2.21. The molecule has 0 saturated carbocycles. The number of nitrogens with zero attached hydrogens (tertiary/aromatic N) is 4. The molecule has 21 heavy (non-hydrogen) atoms. The van der Waals surface area contributed by atoms with Crippen LogP contribution in [0.25, 0.3) is 0 Å². The van der Waals surface area contributed by atoms with Gasteiger partial charge in [-0.3, -0.25) is 4.57 Å². The molecule has 0 radical (unpaired) electrons. The average Bonchev–Trinajstić information content (AvgIpc) is 2.75. The molecule has 1 aromatic rings. The van der Waals surface area contributed by atoms with Gasteiger partial charge in [-0.05, 0) is 22.9 Å². The molecule has 1 heterocycles. The molecule has 0 saturated heterocycles. The third-order valence-electron chi connectivity index (χ3n) is 2.46. The average molecular weight is 355 g/mol. The van der Waals surface area contributed by atoms with Crippen molar-refractivity contribution in [1.29, 1.82) is 10.5 Å². The molecule has 8 heteroatoms. The number of nitriles is 2. The minimum Gasteiger partial charge on any atom is -0.483 e. The van der Waals surface area contributed by atoms with Crippen molar-refractivity contribution in [2.45, 2.75) is 13.7 Å². The molecule has 0 fully saturated rings. The minimum atomic E-state index is 0.138. The van der Waals surface area contributed by atoms with Gasteiger partial charge in [-0.15, -0.1) is 0 Å². The van der Waals surface area contributed by atoms with Crippen molar-refractivity contribution in [3.05, 3.63) is 15.7 Å². The third-order valence-corrected chi connectivity index (χ3v) is 3.29. The molecule has 7 nitrogen and oxygen atoms in total. The lowest BCUT2D eigenvalue weighted by molar-refractivity contribution is 0.0341. The predicted octanol–water partition coefficient (Wildman–Crippen LogP) is 2.31. The van der Waals surface area contributed by atoms with Crippen molar-refractivity contribution in [3.8, 4) is 12.1 Å². The molecular weight excluding hydrogens is 340 g/mol. The molecule has 0 aliphatic carbocycles. The second-order valence-electron chi connectivity index (χ2n) is 3.74. The number of ether oxygens (including phenoxy) is 3. The summed E-state index contributed by atoms with van der Waals surface area (Å²) in [4.78, 5) is 4.10. The lowest BCUT2D eigenvalue weighted by Crippen LogP contribution is -2.07. The van der Waals surface area contributed by atoms with Gasteiger partial charge in [0.05, 0.1) is 19.8 Å². The molecule has 0 amide bonds. The molecule has 0 aliphatic heterocycles. The zero-order valence-corrected chi connectivity index (χ0v) is 13.4. The van der Waals surface area contributed by atoms with Crippen molar-refractivity contribution in [1.82, 2.24) is 4.57 Å². The van der Waals surface area contributed by atoms with Gasteiger partial charge in [0.1, 0.15) is 34.6 Å². The second kappa shape index (κ2) is 9.14. The minimum absolute atomic E-state index is 0.138. The quantitative estimate of drug-likeness (QED) is 0.405. The smallest absolute Gasteiger partial charge is 0.176 e. The Labute approximate surface area is 131 Å². The number of halogens is 1. The van der Waals surface area contributed by atoms with E-state index in [0.29, 0.717) is 30.2 Å². The maximum atomic E-state index is 9.22. The van der Waals surface area contributed by atoms with Crippen molar-refractivity contribution < 1.29 is 14.2 Å². The summed E-state index contributed by atoms with van der Waals surface area (Å²) in [6.07, 6.45) is 1.25. The van der Waals surface area contributed by atoms with Gasteiger partial charge in [0.15, 0.2) is 12.2 Å². The summed E-state index contributed by atoms with van der Waals surface area (Å²) in [5.41, 5.74) is 0.396.